The van der Waals surface area contributed by atoms with E-state index < -0.39 is 52.8 Å². The third kappa shape index (κ3) is 4.41. The van der Waals surface area contributed by atoms with Crippen LogP contribution in [0.4, 0.5) is 22.0 Å². The first-order valence-corrected chi connectivity index (χ1v) is 11.8. The van der Waals surface area contributed by atoms with Crippen LogP contribution < -0.4 is 9.47 Å². The van der Waals surface area contributed by atoms with Crippen molar-refractivity contribution in [3.8, 4) is 11.5 Å². The van der Waals surface area contributed by atoms with Crippen LogP contribution in [0, 0.1) is 29.1 Å². The zero-order chi connectivity index (χ0) is 25.4. The van der Waals surface area contributed by atoms with Crippen molar-refractivity contribution in [1.82, 2.24) is 4.90 Å². The molecule has 3 unspecified atom stereocenters. The lowest BCUT2D eigenvalue weighted by molar-refractivity contribution is -0.0549. The standard InChI is InChI=1S/C27H24F5NO3/c28-22-21(23(29)25(31)26(32)24(22)30)20-19(17-5-1-2-6-18(17)36-27(20)34)15-7-9-16(10-8-15)35-14-13-33-11-3-4-12-33/h1-2,5-10,19-20,27,34H,3-4,11-14H2. The Kier molecular flexibility index (Phi) is 6.85. The zero-order valence-electron chi connectivity index (χ0n) is 19.2. The van der Waals surface area contributed by atoms with Crippen molar-refractivity contribution in [2.75, 3.05) is 26.2 Å². The van der Waals surface area contributed by atoms with Crippen molar-refractivity contribution in [3.63, 3.8) is 0 Å². The summed E-state index contributed by atoms with van der Waals surface area (Å²) in [7, 11) is 0. The van der Waals surface area contributed by atoms with Crippen LogP contribution in [0.2, 0.25) is 0 Å². The van der Waals surface area contributed by atoms with Gasteiger partial charge in [-0.3, -0.25) is 4.90 Å². The summed E-state index contributed by atoms with van der Waals surface area (Å²) in [4.78, 5) is 2.31. The molecule has 0 aromatic heterocycles. The molecular weight excluding hydrogens is 481 g/mol. The number of hydrogen-bond acceptors (Lipinski definition) is 4. The molecule has 0 amide bonds. The van der Waals surface area contributed by atoms with Crippen molar-refractivity contribution >= 4 is 0 Å². The van der Waals surface area contributed by atoms with Crippen molar-refractivity contribution in [2.45, 2.75) is 31.0 Å². The Morgan fingerprint density at radius 3 is 2.11 bits per heavy atom. The third-order valence-corrected chi connectivity index (χ3v) is 6.86. The number of nitrogens with zero attached hydrogens (tertiary/aromatic N) is 1. The Morgan fingerprint density at radius 1 is 0.833 bits per heavy atom. The predicted octanol–water partition coefficient (Wildman–Crippen LogP) is 5.48. The maximum atomic E-state index is 14.8. The molecule has 2 aliphatic rings. The zero-order valence-corrected chi connectivity index (χ0v) is 19.2. The second-order valence-corrected chi connectivity index (χ2v) is 9.00. The second kappa shape index (κ2) is 10.1. The van der Waals surface area contributed by atoms with Gasteiger partial charge in [0.15, 0.2) is 23.3 Å². The summed E-state index contributed by atoms with van der Waals surface area (Å²) < 4.78 is 82.9. The molecule has 0 radical (unpaired) electrons. The number of ether oxygens (including phenoxy) is 2. The molecule has 9 heteroatoms. The number of aliphatic hydroxyl groups is 1. The summed E-state index contributed by atoms with van der Waals surface area (Å²) >= 11 is 0. The molecule has 0 bridgehead atoms. The number of halogens is 5. The number of likely N-dealkylation sites (tertiary alicyclic amines) is 1. The highest BCUT2D eigenvalue weighted by atomic mass is 19.2. The van der Waals surface area contributed by atoms with Crippen molar-refractivity contribution < 1.29 is 36.5 Å². The number of fused-ring (bicyclic) bond motifs is 1. The Balaban J connectivity index is 1.51. The fraction of sp³-hybridized carbons (Fsp3) is 0.333. The molecule has 1 fully saturated rings. The summed E-state index contributed by atoms with van der Waals surface area (Å²) in [5.74, 6) is -12.1. The summed E-state index contributed by atoms with van der Waals surface area (Å²) in [6.07, 6.45) is 0.490. The fourth-order valence-corrected chi connectivity index (χ4v) is 5.09. The van der Waals surface area contributed by atoms with Gasteiger partial charge in [-0.05, 0) is 49.7 Å². The molecule has 2 aliphatic heterocycles. The third-order valence-electron chi connectivity index (χ3n) is 6.86. The first-order valence-electron chi connectivity index (χ1n) is 11.8. The normalized spacial score (nSPS) is 21.8. The lowest BCUT2D eigenvalue weighted by Crippen LogP contribution is -2.36. The Bertz CT molecular complexity index is 1220. The van der Waals surface area contributed by atoms with E-state index in [4.69, 9.17) is 9.47 Å². The molecule has 1 N–H and O–H groups in total. The van der Waals surface area contributed by atoms with E-state index in [0.29, 0.717) is 23.5 Å². The molecule has 0 aliphatic carbocycles. The van der Waals surface area contributed by atoms with E-state index >= 15 is 0 Å². The molecule has 5 rings (SSSR count). The number of benzene rings is 3. The molecule has 3 aromatic rings. The van der Waals surface area contributed by atoms with Gasteiger partial charge in [-0.1, -0.05) is 30.3 Å². The minimum absolute atomic E-state index is 0.251. The van der Waals surface area contributed by atoms with E-state index in [-0.39, 0.29) is 5.75 Å². The smallest absolute Gasteiger partial charge is 0.205 e. The second-order valence-electron chi connectivity index (χ2n) is 9.00. The van der Waals surface area contributed by atoms with Crippen molar-refractivity contribution in [1.29, 1.82) is 0 Å². The van der Waals surface area contributed by atoms with Crippen LogP contribution in [0.3, 0.4) is 0 Å². The van der Waals surface area contributed by atoms with Crippen LogP contribution in [-0.2, 0) is 0 Å². The molecule has 2 heterocycles. The minimum atomic E-state index is -2.26. The summed E-state index contributed by atoms with van der Waals surface area (Å²) in [5.41, 5.74) is -0.186. The maximum Gasteiger partial charge on any atom is 0.205 e. The van der Waals surface area contributed by atoms with Crippen LogP contribution in [-0.4, -0.2) is 42.5 Å². The molecule has 36 heavy (non-hydrogen) atoms. The van der Waals surface area contributed by atoms with Gasteiger partial charge in [0, 0.05) is 23.6 Å². The number of hydrogen-bond donors (Lipinski definition) is 1. The van der Waals surface area contributed by atoms with Crippen LogP contribution in [0.5, 0.6) is 11.5 Å². The number of para-hydroxylation sites is 1. The number of aliphatic hydroxyl groups excluding tert-OH is 1. The molecule has 3 aromatic carbocycles. The number of rotatable bonds is 6. The minimum Gasteiger partial charge on any atom is -0.492 e. The van der Waals surface area contributed by atoms with E-state index in [1.54, 1.807) is 48.5 Å². The topological polar surface area (TPSA) is 41.9 Å². The van der Waals surface area contributed by atoms with E-state index in [1.807, 2.05) is 0 Å². The van der Waals surface area contributed by atoms with Gasteiger partial charge in [0.1, 0.15) is 18.1 Å². The first kappa shape index (κ1) is 24.5. The Hall–Kier alpha value is -3.17. The van der Waals surface area contributed by atoms with Crippen LogP contribution in [0.1, 0.15) is 41.4 Å². The quantitative estimate of drug-likeness (QED) is 0.274. The lowest BCUT2D eigenvalue weighted by atomic mass is 9.74. The Labute approximate surface area is 204 Å². The average molecular weight is 505 g/mol. The van der Waals surface area contributed by atoms with E-state index in [2.05, 4.69) is 4.90 Å². The van der Waals surface area contributed by atoms with Crippen LogP contribution in [0.15, 0.2) is 48.5 Å². The van der Waals surface area contributed by atoms with E-state index in [0.717, 1.165) is 19.6 Å². The van der Waals surface area contributed by atoms with Gasteiger partial charge in [0.25, 0.3) is 0 Å². The molecule has 4 nitrogen and oxygen atoms in total. The van der Waals surface area contributed by atoms with Crippen LogP contribution >= 0.6 is 0 Å². The van der Waals surface area contributed by atoms with E-state index in [1.165, 1.54) is 12.8 Å². The van der Waals surface area contributed by atoms with Crippen molar-refractivity contribution in [3.05, 3.63) is 94.3 Å². The molecule has 1 saturated heterocycles. The fourth-order valence-electron chi connectivity index (χ4n) is 5.09. The summed E-state index contributed by atoms with van der Waals surface area (Å²) in [5, 5.41) is 10.8. The predicted molar refractivity (Wildman–Crippen MR) is 122 cm³/mol. The average Bonchev–Trinajstić information content (AvgIpc) is 3.41. The molecule has 190 valence electrons. The largest absolute Gasteiger partial charge is 0.492 e. The molecule has 3 atom stereocenters. The van der Waals surface area contributed by atoms with Gasteiger partial charge in [-0.2, -0.15) is 0 Å². The summed E-state index contributed by atoms with van der Waals surface area (Å²) in [6.45, 7) is 3.38. The van der Waals surface area contributed by atoms with Gasteiger partial charge in [0.2, 0.25) is 12.1 Å². The maximum absolute atomic E-state index is 14.8. The Morgan fingerprint density at radius 2 is 1.44 bits per heavy atom. The van der Waals surface area contributed by atoms with Gasteiger partial charge in [0.05, 0.1) is 5.92 Å². The van der Waals surface area contributed by atoms with E-state index in [9.17, 15) is 27.1 Å². The van der Waals surface area contributed by atoms with Crippen molar-refractivity contribution in [2.24, 2.45) is 0 Å². The molecule has 0 spiro atoms. The van der Waals surface area contributed by atoms with Gasteiger partial charge in [-0.25, -0.2) is 22.0 Å². The molecular formula is C27H24F5NO3. The highest BCUT2D eigenvalue weighted by Crippen LogP contribution is 2.50. The van der Waals surface area contributed by atoms with Crippen LogP contribution in [0.25, 0.3) is 0 Å². The van der Waals surface area contributed by atoms with Gasteiger partial charge in [-0.15, -0.1) is 0 Å². The summed E-state index contributed by atoms with van der Waals surface area (Å²) in [6, 6.07) is 13.2. The SMILES string of the molecule is OC1Oc2ccccc2C(c2ccc(OCCN3CCCC3)cc2)C1c1c(F)c(F)c(F)c(F)c1F. The molecule has 0 saturated carbocycles. The monoisotopic (exact) mass is 505 g/mol. The van der Waals surface area contributed by atoms with Gasteiger partial charge >= 0.3 is 0 Å². The van der Waals surface area contributed by atoms with Gasteiger partial charge < -0.3 is 14.6 Å². The highest BCUT2D eigenvalue weighted by Gasteiger charge is 2.44. The highest BCUT2D eigenvalue weighted by molar-refractivity contribution is 5.49. The first-order chi connectivity index (χ1) is 17.4. The lowest BCUT2D eigenvalue weighted by Gasteiger charge is -2.38.